The van der Waals surface area contributed by atoms with E-state index < -0.39 is 0 Å². The molecule has 1 aromatic rings. The number of nitrogens with zero attached hydrogens (tertiary/aromatic N) is 2. The molecule has 0 spiro atoms. The van der Waals surface area contributed by atoms with Crippen molar-refractivity contribution in [3.05, 3.63) is 18.7 Å². The summed E-state index contributed by atoms with van der Waals surface area (Å²) in [5.41, 5.74) is -0.214. The predicted molar refractivity (Wildman–Crippen MR) is 74.2 cm³/mol. The Kier molecular flexibility index (Phi) is 2.69. The van der Waals surface area contributed by atoms with E-state index in [2.05, 4.69) is 11.9 Å². The lowest BCUT2D eigenvalue weighted by molar-refractivity contribution is -0.174. The van der Waals surface area contributed by atoms with E-state index in [0.29, 0.717) is 11.8 Å². The fourth-order valence-electron chi connectivity index (χ4n) is 5.38. The summed E-state index contributed by atoms with van der Waals surface area (Å²) < 4.78 is 7.55. The van der Waals surface area contributed by atoms with E-state index in [0.717, 1.165) is 18.3 Å². The molecule has 4 fully saturated rings. The van der Waals surface area contributed by atoms with Gasteiger partial charge in [-0.2, -0.15) is 0 Å². The number of imidazole rings is 1. The highest BCUT2D eigenvalue weighted by molar-refractivity contribution is 5.70. The van der Waals surface area contributed by atoms with E-state index in [-0.39, 0.29) is 11.7 Å². The third-order valence-electron chi connectivity index (χ3n) is 6.07. The monoisotopic (exact) mass is 274 g/mol. The van der Waals surface area contributed by atoms with Crippen molar-refractivity contribution in [2.45, 2.75) is 51.0 Å². The molecule has 0 unspecified atom stereocenters. The van der Waals surface area contributed by atoms with Crippen molar-refractivity contribution in [3.8, 4) is 0 Å². The molecule has 20 heavy (non-hydrogen) atoms. The number of aromatic nitrogens is 2. The Morgan fingerprint density at radius 2 is 1.90 bits per heavy atom. The lowest BCUT2D eigenvalue weighted by Crippen LogP contribution is -2.59. The van der Waals surface area contributed by atoms with E-state index in [4.69, 9.17) is 4.74 Å². The maximum atomic E-state index is 12.4. The van der Waals surface area contributed by atoms with Gasteiger partial charge in [0.05, 0.1) is 0 Å². The van der Waals surface area contributed by atoms with Crippen LogP contribution in [0.2, 0.25) is 0 Å². The van der Waals surface area contributed by atoms with Crippen LogP contribution in [0.5, 0.6) is 0 Å². The number of carbonyl (C=O) groups is 1. The van der Waals surface area contributed by atoms with Gasteiger partial charge in [0, 0.05) is 12.4 Å². The standard InChI is InChI=1S/C16H22N2O2/c1-2-16(20-15(19)18-4-3-17-10-18)13-6-11-5-12(8-13)9-14(16)7-11/h3-4,10-14H,2,5-9H2,1H3. The van der Waals surface area contributed by atoms with Crippen LogP contribution in [0.4, 0.5) is 4.79 Å². The van der Waals surface area contributed by atoms with Crippen LogP contribution in [0, 0.1) is 23.7 Å². The molecule has 0 aromatic carbocycles. The molecule has 0 aliphatic heterocycles. The van der Waals surface area contributed by atoms with Crippen LogP contribution in [-0.2, 0) is 4.74 Å². The molecule has 1 heterocycles. The summed E-state index contributed by atoms with van der Waals surface area (Å²) in [5.74, 6) is 2.95. The zero-order valence-electron chi connectivity index (χ0n) is 12.0. The van der Waals surface area contributed by atoms with Gasteiger partial charge in [0.25, 0.3) is 0 Å². The Balaban J connectivity index is 1.62. The fourth-order valence-corrected chi connectivity index (χ4v) is 5.38. The van der Waals surface area contributed by atoms with Gasteiger partial charge in [-0.3, -0.25) is 0 Å². The predicted octanol–water partition coefficient (Wildman–Crippen LogP) is 3.47. The van der Waals surface area contributed by atoms with Crippen molar-refractivity contribution in [3.63, 3.8) is 0 Å². The lowest BCUT2D eigenvalue weighted by atomic mass is 9.49. The summed E-state index contributed by atoms with van der Waals surface area (Å²) in [6, 6.07) is 0. The van der Waals surface area contributed by atoms with Crippen LogP contribution in [-0.4, -0.2) is 21.2 Å². The Morgan fingerprint density at radius 1 is 1.25 bits per heavy atom. The molecule has 0 N–H and O–H groups in total. The summed E-state index contributed by atoms with van der Waals surface area (Å²) in [4.78, 5) is 16.3. The van der Waals surface area contributed by atoms with Crippen LogP contribution in [0.15, 0.2) is 18.7 Å². The van der Waals surface area contributed by atoms with Gasteiger partial charge in [-0.05, 0) is 62.2 Å². The largest absolute Gasteiger partial charge is 0.442 e. The van der Waals surface area contributed by atoms with Crippen molar-refractivity contribution in [2.24, 2.45) is 23.7 Å². The highest BCUT2D eigenvalue weighted by Crippen LogP contribution is 2.60. The van der Waals surface area contributed by atoms with Crippen molar-refractivity contribution in [1.29, 1.82) is 0 Å². The summed E-state index contributed by atoms with van der Waals surface area (Å²) in [6.45, 7) is 2.18. The van der Waals surface area contributed by atoms with Gasteiger partial charge in [-0.1, -0.05) is 6.92 Å². The molecule has 0 atom stereocenters. The number of hydrogen-bond donors (Lipinski definition) is 0. The molecule has 4 aliphatic rings. The Labute approximate surface area is 119 Å². The molecule has 4 aliphatic carbocycles. The molecular formula is C16H22N2O2. The minimum absolute atomic E-state index is 0.214. The highest BCUT2D eigenvalue weighted by atomic mass is 16.6. The van der Waals surface area contributed by atoms with E-state index in [1.165, 1.54) is 43.0 Å². The first-order valence-electron chi connectivity index (χ1n) is 7.92. The second-order valence-corrected chi connectivity index (χ2v) is 6.95. The van der Waals surface area contributed by atoms with E-state index in [1.807, 2.05) is 0 Å². The number of carbonyl (C=O) groups excluding carboxylic acids is 1. The number of ether oxygens (including phenoxy) is 1. The maximum absolute atomic E-state index is 12.4. The Hall–Kier alpha value is -1.32. The van der Waals surface area contributed by atoms with Crippen LogP contribution >= 0.6 is 0 Å². The zero-order chi connectivity index (χ0) is 13.7. The average Bonchev–Trinajstić information content (AvgIpc) is 2.96. The van der Waals surface area contributed by atoms with Crippen molar-refractivity contribution < 1.29 is 9.53 Å². The fraction of sp³-hybridized carbons (Fsp3) is 0.750. The molecule has 5 rings (SSSR count). The second-order valence-electron chi connectivity index (χ2n) is 6.95. The van der Waals surface area contributed by atoms with Crippen molar-refractivity contribution in [1.82, 2.24) is 9.55 Å². The minimum atomic E-state index is -0.253. The van der Waals surface area contributed by atoms with E-state index in [9.17, 15) is 4.79 Å². The van der Waals surface area contributed by atoms with Gasteiger partial charge < -0.3 is 4.74 Å². The minimum Gasteiger partial charge on any atom is -0.442 e. The van der Waals surface area contributed by atoms with Crippen LogP contribution in [0.25, 0.3) is 0 Å². The number of rotatable bonds is 2. The van der Waals surface area contributed by atoms with Gasteiger partial charge in [-0.15, -0.1) is 0 Å². The van der Waals surface area contributed by atoms with Gasteiger partial charge in [0.2, 0.25) is 0 Å². The Morgan fingerprint density at radius 3 is 2.40 bits per heavy atom. The molecule has 0 radical (unpaired) electrons. The molecule has 4 nitrogen and oxygen atoms in total. The molecule has 4 bridgehead atoms. The molecular weight excluding hydrogens is 252 g/mol. The molecule has 4 heteroatoms. The van der Waals surface area contributed by atoms with Crippen LogP contribution < -0.4 is 0 Å². The molecule has 0 amide bonds. The number of hydrogen-bond acceptors (Lipinski definition) is 3. The highest BCUT2D eigenvalue weighted by Gasteiger charge is 2.58. The first kappa shape index (κ1) is 12.4. The van der Waals surface area contributed by atoms with E-state index in [1.54, 1.807) is 12.4 Å². The third-order valence-corrected chi connectivity index (χ3v) is 6.07. The van der Waals surface area contributed by atoms with Crippen LogP contribution in [0.1, 0.15) is 45.4 Å². The lowest BCUT2D eigenvalue weighted by Gasteiger charge is -2.60. The second kappa shape index (κ2) is 4.34. The van der Waals surface area contributed by atoms with Crippen molar-refractivity contribution >= 4 is 6.09 Å². The summed E-state index contributed by atoms with van der Waals surface area (Å²) in [5, 5.41) is 0. The summed E-state index contributed by atoms with van der Waals surface area (Å²) in [6.07, 6.45) is 12.0. The summed E-state index contributed by atoms with van der Waals surface area (Å²) >= 11 is 0. The quantitative estimate of drug-likeness (QED) is 0.829. The molecule has 108 valence electrons. The first-order chi connectivity index (χ1) is 9.71. The molecule has 4 saturated carbocycles. The molecule has 1 aromatic heterocycles. The topological polar surface area (TPSA) is 44.1 Å². The van der Waals surface area contributed by atoms with Gasteiger partial charge in [0.1, 0.15) is 11.9 Å². The smallest absolute Gasteiger partial charge is 0.419 e. The Bertz CT molecular complexity index is 481. The van der Waals surface area contributed by atoms with Gasteiger partial charge in [-0.25, -0.2) is 14.3 Å². The first-order valence-corrected chi connectivity index (χ1v) is 7.92. The van der Waals surface area contributed by atoms with Crippen molar-refractivity contribution in [2.75, 3.05) is 0 Å². The maximum Gasteiger partial charge on any atom is 0.419 e. The van der Waals surface area contributed by atoms with E-state index >= 15 is 0 Å². The summed E-state index contributed by atoms with van der Waals surface area (Å²) in [7, 11) is 0. The normalized spacial score (nSPS) is 41.9. The average molecular weight is 274 g/mol. The van der Waals surface area contributed by atoms with Gasteiger partial charge >= 0.3 is 6.09 Å². The zero-order valence-corrected chi connectivity index (χ0v) is 12.0. The van der Waals surface area contributed by atoms with Gasteiger partial charge in [0.15, 0.2) is 0 Å². The SMILES string of the molecule is CCC1(OC(=O)n2ccnc2)C2CC3CC(C2)CC1C3. The van der Waals surface area contributed by atoms with Crippen LogP contribution in [0.3, 0.4) is 0 Å². The molecule has 0 saturated heterocycles. The third kappa shape index (κ3) is 1.66.